The first kappa shape index (κ1) is 19.0. The van der Waals surface area contributed by atoms with Crippen LogP contribution in [0.25, 0.3) is 0 Å². The van der Waals surface area contributed by atoms with Crippen molar-refractivity contribution >= 4 is 21.6 Å². The Kier molecular flexibility index (Phi) is 5.85. The van der Waals surface area contributed by atoms with Crippen molar-refractivity contribution in [2.45, 2.75) is 32.9 Å². The summed E-state index contributed by atoms with van der Waals surface area (Å²) in [5.41, 5.74) is 2.58. The van der Waals surface area contributed by atoms with E-state index >= 15 is 0 Å². The molecule has 0 bridgehead atoms. The number of aryl methyl sites for hydroxylation is 1. The monoisotopic (exact) mass is 360 g/mol. The molecule has 6 heteroatoms. The van der Waals surface area contributed by atoms with E-state index in [0.29, 0.717) is 5.69 Å². The molecule has 2 aromatic carbocycles. The second-order valence-electron chi connectivity index (χ2n) is 6.21. The molecule has 2 rings (SSSR count). The van der Waals surface area contributed by atoms with Crippen LogP contribution >= 0.6 is 0 Å². The van der Waals surface area contributed by atoms with Gasteiger partial charge in [-0.3, -0.25) is 9.10 Å². The molecule has 25 heavy (non-hydrogen) atoms. The average molecular weight is 360 g/mol. The lowest BCUT2D eigenvalue weighted by Crippen LogP contribution is -2.48. The summed E-state index contributed by atoms with van der Waals surface area (Å²) in [6.07, 6.45) is 1.10. The zero-order chi connectivity index (χ0) is 18.6. The normalized spacial score (nSPS) is 13.8. The number of hydrogen-bond donors (Lipinski definition) is 1. The number of para-hydroxylation sites is 1. The number of anilines is 1. The van der Waals surface area contributed by atoms with Crippen molar-refractivity contribution in [3.05, 3.63) is 65.7 Å². The van der Waals surface area contributed by atoms with Gasteiger partial charge in [0, 0.05) is 0 Å². The maximum atomic E-state index is 12.6. The Morgan fingerprint density at radius 3 is 2.08 bits per heavy atom. The van der Waals surface area contributed by atoms with Crippen molar-refractivity contribution in [3.63, 3.8) is 0 Å². The number of carbonyl (C=O) groups excluding carboxylic acids is 1. The summed E-state index contributed by atoms with van der Waals surface area (Å²) in [6.45, 7) is 5.47. The number of amides is 1. The van der Waals surface area contributed by atoms with Gasteiger partial charge in [0.25, 0.3) is 0 Å². The highest BCUT2D eigenvalue weighted by Gasteiger charge is 2.29. The molecule has 2 unspecified atom stereocenters. The third-order valence-corrected chi connectivity index (χ3v) is 5.28. The topological polar surface area (TPSA) is 66.5 Å². The molecule has 0 saturated heterocycles. The quantitative estimate of drug-likeness (QED) is 0.861. The highest BCUT2D eigenvalue weighted by molar-refractivity contribution is 7.92. The highest BCUT2D eigenvalue weighted by atomic mass is 32.2. The molecule has 5 nitrogen and oxygen atoms in total. The summed E-state index contributed by atoms with van der Waals surface area (Å²) in [6, 6.07) is 15.4. The van der Waals surface area contributed by atoms with Crippen LogP contribution in [-0.4, -0.2) is 26.6 Å². The van der Waals surface area contributed by atoms with Crippen molar-refractivity contribution in [1.82, 2.24) is 5.32 Å². The molecule has 0 spiro atoms. The molecule has 0 fully saturated rings. The van der Waals surface area contributed by atoms with Crippen molar-refractivity contribution in [3.8, 4) is 0 Å². The Hall–Kier alpha value is -2.34. The minimum Gasteiger partial charge on any atom is -0.348 e. The number of nitrogens with one attached hydrogen (secondary N) is 1. The van der Waals surface area contributed by atoms with E-state index in [1.807, 2.05) is 38.1 Å². The summed E-state index contributed by atoms with van der Waals surface area (Å²) < 4.78 is 25.6. The van der Waals surface area contributed by atoms with Crippen LogP contribution in [0.3, 0.4) is 0 Å². The molecular weight excluding hydrogens is 336 g/mol. The lowest BCUT2D eigenvalue weighted by Gasteiger charge is -2.29. The van der Waals surface area contributed by atoms with E-state index in [9.17, 15) is 13.2 Å². The van der Waals surface area contributed by atoms with Crippen molar-refractivity contribution in [2.24, 2.45) is 0 Å². The number of nitrogens with zero attached hydrogens (tertiary/aromatic N) is 1. The molecule has 0 heterocycles. The fourth-order valence-electron chi connectivity index (χ4n) is 2.66. The van der Waals surface area contributed by atoms with Crippen LogP contribution in [0.4, 0.5) is 5.69 Å². The van der Waals surface area contributed by atoms with Gasteiger partial charge in [0.1, 0.15) is 6.04 Å². The standard InChI is InChI=1S/C19H24N2O3S/c1-14-10-12-17(13-11-14)15(2)20-19(22)16(3)21(25(4,23)24)18-8-6-5-7-9-18/h5-13,15-16H,1-4H3,(H,20,22). The lowest BCUT2D eigenvalue weighted by molar-refractivity contribution is -0.122. The molecule has 0 saturated carbocycles. The Labute approximate surface area is 149 Å². The second-order valence-corrected chi connectivity index (χ2v) is 8.07. The number of carbonyl (C=O) groups is 1. The fourth-order valence-corrected chi connectivity index (χ4v) is 3.83. The number of hydrogen-bond acceptors (Lipinski definition) is 3. The molecule has 0 aliphatic heterocycles. The summed E-state index contributed by atoms with van der Waals surface area (Å²) in [5, 5.41) is 2.89. The predicted molar refractivity (Wildman–Crippen MR) is 101 cm³/mol. The van der Waals surface area contributed by atoms with Gasteiger partial charge in [-0.25, -0.2) is 8.42 Å². The number of benzene rings is 2. The Morgan fingerprint density at radius 1 is 1.00 bits per heavy atom. The smallest absolute Gasteiger partial charge is 0.244 e. The van der Waals surface area contributed by atoms with Crippen LogP contribution in [0.1, 0.15) is 31.0 Å². The van der Waals surface area contributed by atoms with Crippen molar-refractivity contribution in [2.75, 3.05) is 10.6 Å². The van der Waals surface area contributed by atoms with E-state index in [0.717, 1.165) is 21.7 Å². The van der Waals surface area contributed by atoms with Gasteiger partial charge in [-0.15, -0.1) is 0 Å². The first-order valence-corrected chi connectivity index (χ1v) is 9.96. The summed E-state index contributed by atoms with van der Waals surface area (Å²) in [4.78, 5) is 12.6. The van der Waals surface area contributed by atoms with Crippen LogP contribution < -0.4 is 9.62 Å². The molecule has 1 amide bonds. The van der Waals surface area contributed by atoms with Gasteiger partial charge in [-0.2, -0.15) is 0 Å². The maximum absolute atomic E-state index is 12.6. The Morgan fingerprint density at radius 2 is 1.56 bits per heavy atom. The van der Waals surface area contributed by atoms with E-state index in [4.69, 9.17) is 0 Å². The molecular formula is C19H24N2O3S. The van der Waals surface area contributed by atoms with Gasteiger partial charge in [0.05, 0.1) is 18.0 Å². The molecule has 0 aliphatic carbocycles. The van der Waals surface area contributed by atoms with E-state index < -0.39 is 16.1 Å². The van der Waals surface area contributed by atoms with E-state index in [-0.39, 0.29) is 11.9 Å². The molecule has 1 N–H and O–H groups in total. The third-order valence-electron chi connectivity index (χ3n) is 4.04. The van der Waals surface area contributed by atoms with Crippen LogP contribution in [0.2, 0.25) is 0 Å². The van der Waals surface area contributed by atoms with Crippen LogP contribution in [0, 0.1) is 6.92 Å². The fraction of sp³-hybridized carbons (Fsp3) is 0.316. The first-order valence-electron chi connectivity index (χ1n) is 8.11. The number of rotatable bonds is 6. The molecule has 134 valence electrons. The highest BCUT2D eigenvalue weighted by Crippen LogP contribution is 2.21. The zero-order valence-electron chi connectivity index (χ0n) is 14.9. The summed E-state index contributed by atoms with van der Waals surface area (Å²) in [5.74, 6) is -0.345. The predicted octanol–water partition coefficient (Wildman–Crippen LogP) is 3.03. The lowest BCUT2D eigenvalue weighted by atomic mass is 10.1. The minimum atomic E-state index is -3.60. The van der Waals surface area contributed by atoms with Gasteiger partial charge in [-0.05, 0) is 38.5 Å². The van der Waals surface area contributed by atoms with E-state index in [1.54, 1.807) is 37.3 Å². The van der Waals surface area contributed by atoms with Crippen LogP contribution in [0.15, 0.2) is 54.6 Å². The third kappa shape index (κ3) is 4.82. The van der Waals surface area contributed by atoms with Gasteiger partial charge in [0.15, 0.2) is 0 Å². The molecule has 0 radical (unpaired) electrons. The summed E-state index contributed by atoms with van der Waals surface area (Å²) >= 11 is 0. The second kappa shape index (κ2) is 7.70. The molecule has 2 atom stereocenters. The van der Waals surface area contributed by atoms with Gasteiger partial charge in [0.2, 0.25) is 15.9 Å². The van der Waals surface area contributed by atoms with E-state index in [1.165, 1.54) is 0 Å². The largest absolute Gasteiger partial charge is 0.348 e. The van der Waals surface area contributed by atoms with E-state index in [2.05, 4.69) is 5.32 Å². The molecule has 0 aliphatic rings. The molecule has 2 aromatic rings. The minimum absolute atomic E-state index is 0.215. The Bertz CT molecular complexity index is 818. The zero-order valence-corrected chi connectivity index (χ0v) is 15.7. The van der Waals surface area contributed by atoms with Gasteiger partial charge < -0.3 is 5.32 Å². The van der Waals surface area contributed by atoms with Gasteiger partial charge >= 0.3 is 0 Å². The molecule has 0 aromatic heterocycles. The average Bonchev–Trinajstić information content (AvgIpc) is 2.55. The summed E-state index contributed by atoms with van der Waals surface area (Å²) in [7, 11) is -3.60. The van der Waals surface area contributed by atoms with Crippen molar-refractivity contribution in [1.29, 1.82) is 0 Å². The van der Waals surface area contributed by atoms with Crippen LogP contribution in [0.5, 0.6) is 0 Å². The van der Waals surface area contributed by atoms with Crippen LogP contribution in [-0.2, 0) is 14.8 Å². The van der Waals surface area contributed by atoms with Gasteiger partial charge in [-0.1, -0.05) is 48.0 Å². The number of sulfonamides is 1. The Balaban J connectivity index is 2.20. The first-order chi connectivity index (χ1) is 11.7. The van der Waals surface area contributed by atoms with Crippen molar-refractivity contribution < 1.29 is 13.2 Å². The maximum Gasteiger partial charge on any atom is 0.244 e. The SMILES string of the molecule is Cc1ccc(C(C)NC(=O)C(C)N(c2ccccc2)S(C)(=O)=O)cc1.